The number of rotatable bonds is 6. The second-order valence-corrected chi connectivity index (χ2v) is 9.11. The van der Waals surface area contributed by atoms with E-state index in [9.17, 15) is 8.42 Å². The van der Waals surface area contributed by atoms with Gasteiger partial charge in [0.2, 0.25) is 10.0 Å². The molecule has 0 aliphatic heterocycles. The molecule has 0 aliphatic carbocycles. The number of imidazole rings is 1. The third kappa shape index (κ3) is 4.27. The summed E-state index contributed by atoms with van der Waals surface area (Å²) in [6.45, 7) is 2.00. The first-order valence-electron chi connectivity index (χ1n) is 9.22. The van der Waals surface area contributed by atoms with E-state index in [4.69, 9.17) is 16.3 Å². The Morgan fingerprint density at radius 1 is 1.13 bits per heavy atom. The molecular formula is C22H20ClN3O3S. The lowest BCUT2D eigenvalue weighted by atomic mass is 10.1. The number of methoxy groups -OCH3 is 1. The first kappa shape index (κ1) is 20.3. The number of hydrogen-bond donors (Lipinski definition) is 1. The van der Waals surface area contributed by atoms with Gasteiger partial charge in [-0.15, -0.1) is 0 Å². The summed E-state index contributed by atoms with van der Waals surface area (Å²) in [7, 11) is -2.18. The Morgan fingerprint density at radius 2 is 1.97 bits per heavy atom. The second kappa shape index (κ2) is 8.01. The fourth-order valence-electron chi connectivity index (χ4n) is 3.29. The molecule has 0 atom stereocenters. The van der Waals surface area contributed by atoms with Crippen molar-refractivity contribution in [2.75, 3.05) is 11.8 Å². The van der Waals surface area contributed by atoms with E-state index in [1.54, 1.807) is 36.4 Å². The Kier molecular flexibility index (Phi) is 5.40. The molecule has 0 saturated heterocycles. The summed E-state index contributed by atoms with van der Waals surface area (Å²) in [6.07, 6.45) is 3.84. The summed E-state index contributed by atoms with van der Waals surface area (Å²) in [5, 5.41) is 0.490. The molecule has 8 heteroatoms. The highest BCUT2D eigenvalue weighted by Gasteiger charge is 2.17. The van der Waals surface area contributed by atoms with Crippen LogP contribution in [0.5, 0.6) is 5.75 Å². The number of aryl methyl sites for hydroxylation is 1. The zero-order valence-corrected chi connectivity index (χ0v) is 18.0. The van der Waals surface area contributed by atoms with Crippen molar-refractivity contribution in [3.8, 4) is 17.0 Å². The zero-order valence-electron chi connectivity index (χ0n) is 16.5. The Hall–Kier alpha value is -3.03. The first-order chi connectivity index (χ1) is 14.3. The van der Waals surface area contributed by atoms with E-state index in [1.165, 1.54) is 7.11 Å². The number of nitrogens with zero attached hydrogens (tertiary/aromatic N) is 2. The molecule has 6 nitrogen and oxygen atoms in total. The van der Waals surface area contributed by atoms with Crippen LogP contribution in [0.3, 0.4) is 0 Å². The number of fused-ring (bicyclic) bond motifs is 1. The summed E-state index contributed by atoms with van der Waals surface area (Å²) >= 11 is 5.97. The predicted molar refractivity (Wildman–Crippen MR) is 120 cm³/mol. The minimum Gasteiger partial charge on any atom is -0.495 e. The van der Waals surface area contributed by atoms with Crippen molar-refractivity contribution in [1.29, 1.82) is 0 Å². The number of pyridine rings is 1. The average molecular weight is 442 g/mol. The van der Waals surface area contributed by atoms with Crippen LogP contribution in [0.4, 0.5) is 5.69 Å². The SMILES string of the molecule is COc1ccc(-c2cn3cccc(C)c3n2)cc1NS(=O)(=O)Cc1cccc(Cl)c1. The number of hydrogen-bond acceptors (Lipinski definition) is 4. The highest BCUT2D eigenvalue weighted by atomic mass is 35.5. The number of nitrogens with one attached hydrogen (secondary N) is 1. The van der Waals surface area contributed by atoms with E-state index in [2.05, 4.69) is 9.71 Å². The molecule has 154 valence electrons. The van der Waals surface area contributed by atoms with Crippen molar-refractivity contribution < 1.29 is 13.2 Å². The van der Waals surface area contributed by atoms with Crippen molar-refractivity contribution >= 4 is 33.0 Å². The van der Waals surface area contributed by atoms with Gasteiger partial charge in [-0.05, 0) is 54.4 Å². The monoisotopic (exact) mass is 441 g/mol. The maximum atomic E-state index is 12.8. The number of anilines is 1. The summed E-state index contributed by atoms with van der Waals surface area (Å²) in [4.78, 5) is 4.68. The summed E-state index contributed by atoms with van der Waals surface area (Å²) in [5.74, 6) is 0.225. The van der Waals surface area contributed by atoms with Gasteiger partial charge in [0.15, 0.2) is 0 Å². The van der Waals surface area contributed by atoms with Gasteiger partial charge in [-0.25, -0.2) is 13.4 Å². The topological polar surface area (TPSA) is 72.7 Å². The third-order valence-corrected chi connectivity index (χ3v) is 6.16. The van der Waals surface area contributed by atoms with Crippen molar-refractivity contribution in [2.45, 2.75) is 12.7 Å². The molecule has 0 radical (unpaired) electrons. The Labute approximate surface area is 180 Å². The molecule has 0 aliphatic rings. The van der Waals surface area contributed by atoms with Crippen molar-refractivity contribution in [1.82, 2.24) is 9.38 Å². The fraction of sp³-hybridized carbons (Fsp3) is 0.136. The molecule has 1 N–H and O–H groups in total. The molecule has 0 unspecified atom stereocenters. The van der Waals surface area contributed by atoms with Gasteiger partial charge in [-0.3, -0.25) is 4.72 Å². The quantitative estimate of drug-likeness (QED) is 0.461. The van der Waals surface area contributed by atoms with Crippen LogP contribution in [-0.2, 0) is 15.8 Å². The third-order valence-electron chi connectivity index (χ3n) is 4.68. The van der Waals surface area contributed by atoms with Crippen molar-refractivity contribution in [3.63, 3.8) is 0 Å². The van der Waals surface area contributed by atoms with Crippen LogP contribution < -0.4 is 9.46 Å². The minimum absolute atomic E-state index is 0.200. The van der Waals surface area contributed by atoms with Gasteiger partial charge < -0.3 is 9.14 Å². The van der Waals surface area contributed by atoms with E-state index in [0.717, 1.165) is 22.5 Å². The average Bonchev–Trinajstić information content (AvgIpc) is 3.13. The lowest BCUT2D eigenvalue weighted by molar-refractivity contribution is 0.417. The minimum atomic E-state index is -3.68. The molecule has 2 aromatic heterocycles. The lowest BCUT2D eigenvalue weighted by Gasteiger charge is -2.13. The van der Waals surface area contributed by atoms with Gasteiger partial charge >= 0.3 is 0 Å². The second-order valence-electron chi connectivity index (χ2n) is 6.95. The van der Waals surface area contributed by atoms with Crippen molar-refractivity contribution in [3.05, 3.63) is 83.1 Å². The number of sulfonamides is 1. The standard InChI is InChI=1S/C22H20ClN3O3S/c1-15-5-4-10-26-13-20(24-22(15)26)17-8-9-21(29-2)19(12-17)25-30(27,28)14-16-6-3-7-18(23)11-16/h3-13,25H,14H2,1-2H3. The highest BCUT2D eigenvalue weighted by Crippen LogP contribution is 2.32. The fourth-order valence-corrected chi connectivity index (χ4v) is 4.69. The van der Waals surface area contributed by atoms with Gasteiger partial charge in [0, 0.05) is 23.0 Å². The van der Waals surface area contributed by atoms with Gasteiger partial charge in [0.25, 0.3) is 0 Å². The largest absolute Gasteiger partial charge is 0.495 e. The molecular weight excluding hydrogens is 422 g/mol. The molecule has 2 heterocycles. The van der Waals surface area contributed by atoms with Gasteiger partial charge in [-0.2, -0.15) is 0 Å². The van der Waals surface area contributed by atoms with E-state index in [0.29, 0.717) is 22.0 Å². The molecule has 0 amide bonds. The molecule has 4 rings (SSSR count). The smallest absolute Gasteiger partial charge is 0.237 e. The lowest BCUT2D eigenvalue weighted by Crippen LogP contribution is -2.15. The summed E-state index contributed by atoms with van der Waals surface area (Å²) < 4.78 is 35.4. The Balaban J connectivity index is 1.68. The summed E-state index contributed by atoms with van der Waals surface area (Å²) in [5.41, 5.74) is 4.37. The van der Waals surface area contributed by atoms with E-state index in [1.807, 2.05) is 41.9 Å². The number of ether oxygens (including phenoxy) is 1. The molecule has 0 spiro atoms. The van der Waals surface area contributed by atoms with Crippen LogP contribution in [0.25, 0.3) is 16.9 Å². The number of halogens is 1. The molecule has 0 saturated carbocycles. The molecule has 4 aromatic rings. The number of benzene rings is 2. The van der Waals surface area contributed by atoms with Crippen LogP contribution in [0, 0.1) is 6.92 Å². The van der Waals surface area contributed by atoms with E-state index in [-0.39, 0.29) is 5.75 Å². The van der Waals surface area contributed by atoms with Crippen LogP contribution >= 0.6 is 11.6 Å². The van der Waals surface area contributed by atoms with Gasteiger partial charge in [0.1, 0.15) is 11.4 Å². The molecule has 0 bridgehead atoms. The Morgan fingerprint density at radius 3 is 2.70 bits per heavy atom. The van der Waals surface area contributed by atoms with Crippen LogP contribution in [0.2, 0.25) is 5.02 Å². The van der Waals surface area contributed by atoms with Crippen LogP contribution in [0.15, 0.2) is 67.0 Å². The van der Waals surface area contributed by atoms with Gasteiger partial charge in [-0.1, -0.05) is 29.8 Å². The number of aromatic nitrogens is 2. The Bertz CT molecular complexity index is 1330. The maximum absolute atomic E-state index is 12.8. The van der Waals surface area contributed by atoms with Crippen molar-refractivity contribution in [2.24, 2.45) is 0 Å². The van der Waals surface area contributed by atoms with E-state index >= 15 is 0 Å². The van der Waals surface area contributed by atoms with E-state index < -0.39 is 10.0 Å². The normalized spacial score (nSPS) is 11.6. The summed E-state index contributed by atoms with van der Waals surface area (Å²) in [6, 6.07) is 16.0. The first-order valence-corrected chi connectivity index (χ1v) is 11.3. The van der Waals surface area contributed by atoms with Gasteiger partial charge in [0.05, 0.1) is 24.2 Å². The highest BCUT2D eigenvalue weighted by molar-refractivity contribution is 7.91. The molecule has 0 fully saturated rings. The van der Waals surface area contributed by atoms with Crippen LogP contribution in [-0.4, -0.2) is 24.9 Å². The van der Waals surface area contributed by atoms with Crippen LogP contribution in [0.1, 0.15) is 11.1 Å². The molecule has 30 heavy (non-hydrogen) atoms. The molecule has 2 aromatic carbocycles. The predicted octanol–water partition coefficient (Wildman–Crippen LogP) is 4.91. The maximum Gasteiger partial charge on any atom is 0.237 e. The zero-order chi connectivity index (χ0) is 21.3.